The Morgan fingerprint density at radius 1 is 1.45 bits per heavy atom. The Morgan fingerprint density at radius 3 is 2.85 bits per heavy atom. The summed E-state index contributed by atoms with van der Waals surface area (Å²) in [7, 11) is 0. The van der Waals surface area contributed by atoms with Crippen molar-refractivity contribution in [3.63, 3.8) is 0 Å². The number of nitrogens with two attached hydrogens (primary N) is 1. The third-order valence-corrected chi connectivity index (χ3v) is 4.14. The lowest BCUT2D eigenvalue weighted by Gasteiger charge is -2.22. The molecule has 1 aliphatic carbocycles. The van der Waals surface area contributed by atoms with E-state index in [0.29, 0.717) is 12.5 Å². The van der Waals surface area contributed by atoms with Gasteiger partial charge in [-0.15, -0.1) is 0 Å². The van der Waals surface area contributed by atoms with Gasteiger partial charge in [-0.3, -0.25) is 15.0 Å². The molecule has 1 saturated carbocycles. The molecule has 2 rings (SSSR count). The number of rotatable bonds is 7. The molecule has 112 valence electrons. The molecule has 1 aromatic heterocycles. The highest BCUT2D eigenvalue weighted by Crippen LogP contribution is 2.27. The lowest BCUT2D eigenvalue weighted by atomic mass is 9.96. The van der Waals surface area contributed by atoms with Crippen LogP contribution in [0.4, 0.5) is 0 Å². The van der Waals surface area contributed by atoms with Crippen LogP contribution in [-0.4, -0.2) is 33.6 Å². The lowest BCUT2D eigenvalue weighted by Crippen LogP contribution is -2.27. The van der Waals surface area contributed by atoms with Crippen molar-refractivity contribution in [2.24, 2.45) is 5.73 Å². The summed E-state index contributed by atoms with van der Waals surface area (Å²) in [5, 5.41) is 12.1. The maximum atomic E-state index is 7.31. The molecule has 0 aromatic carbocycles. The van der Waals surface area contributed by atoms with Crippen molar-refractivity contribution >= 4 is 5.84 Å². The summed E-state index contributed by atoms with van der Waals surface area (Å²) in [5.41, 5.74) is 6.55. The van der Waals surface area contributed by atoms with Gasteiger partial charge >= 0.3 is 0 Å². The maximum absolute atomic E-state index is 7.31. The first-order valence-corrected chi connectivity index (χ1v) is 7.78. The van der Waals surface area contributed by atoms with Crippen LogP contribution in [0.15, 0.2) is 12.3 Å². The number of aromatic nitrogens is 2. The second-order valence-corrected chi connectivity index (χ2v) is 5.72. The average Bonchev–Trinajstić information content (AvgIpc) is 2.92. The van der Waals surface area contributed by atoms with Gasteiger partial charge in [-0.05, 0) is 25.5 Å². The van der Waals surface area contributed by atoms with E-state index in [1.54, 1.807) is 0 Å². The number of nitrogens with zero attached hydrogens (tertiary/aromatic N) is 3. The molecule has 0 aliphatic heterocycles. The Morgan fingerprint density at radius 2 is 2.20 bits per heavy atom. The summed E-state index contributed by atoms with van der Waals surface area (Å²) in [5.74, 6) is 0.260. The van der Waals surface area contributed by atoms with Crippen molar-refractivity contribution in [2.45, 2.75) is 58.0 Å². The van der Waals surface area contributed by atoms with Crippen molar-refractivity contribution in [3.05, 3.63) is 18.0 Å². The Bertz CT molecular complexity index is 420. The van der Waals surface area contributed by atoms with Gasteiger partial charge in [-0.2, -0.15) is 5.10 Å². The van der Waals surface area contributed by atoms with E-state index in [2.05, 4.69) is 28.8 Å². The quantitative estimate of drug-likeness (QED) is 0.594. The average molecular weight is 277 g/mol. The second-order valence-electron chi connectivity index (χ2n) is 5.72. The molecule has 0 bridgehead atoms. The third kappa shape index (κ3) is 4.34. The molecule has 20 heavy (non-hydrogen) atoms. The Labute approximate surface area is 121 Å². The van der Waals surface area contributed by atoms with Crippen LogP contribution in [0.1, 0.15) is 57.2 Å². The van der Waals surface area contributed by atoms with Gasteiger partial charge in [0.05, 0.1) is 17.6 Å². The van der Waals surface area contributed by atoms with E-state index in [1.165, 1.54) is 32.1 Å². The van der Waals surface area contributed by atoms with E-state index in [1.807, 2.05) is 0 Å². The van der Waals surface area contributed by atoms with Gasteiger partial charge in [-0.25, -0.2) is 0 Å². The normalized spacial score (nSPS) is 16.7. The van der Waals surface area contributed by atoms with Gasteiger partial charge in [-0.1, -0.05) is 26.2 Å². The van der Waals surface area contributed by atoms with E-state index in [9.17, 15) is 0 Å². The zero-order chi connectivity index (χ0) is 14.4. The first-order chi connectivity index (χ1) is 9.69. The number of hydrogen-bond acceptors (Lipinski definition) is 3. The fraction of sp³-hybridized carbons (Fsp3) is 0.733. The maximum Gasteiger partial charge on any atom is 0.0918 e. The van der Waals surface area contributed by atoms with E-state index >= 15 is 0 Å². The van der Waals surface area contributed by atoms with E-state index < -0.39 is 0 Å². The first-order valence-electron chi connectivity index (χ1n) is 7.78. The molecule has 0 atom stereocenters. The SMILES string of the molecule is CCN(CCC(=N)N)Cc1ccn(C2CCCCC2)n1. The number of nitrogens with one attached hydrogen (secondary N) is 1. The molecule has 5 heteroatoms. The van der Waals surface area contributed by atoms with Crippen LogP contribution in [-0.2, 0) is 6.54 Å². The highest BCUT2D eigenvalue weighted by molar-refractivity contribution is 5.76. The summed E-state index contributed by atoms with van der Waals surface area (Å²) in [6, 6.07) is 2.73. The van der Waals surface area contributed by atoms with Crippen LogP contribution in [0.2, 0.25) is 0 Å². The van der Waals surface area contributed by atoms with Gasteiger partial charge in [0.2, 0.25) is 0 Å². The topological polar surface area (TPSA) is 70.9 Å². The van der Waals surface area contributed by atoms with Crippen molar-refractivity contribution in [3.8, 4) is 0 Å². The highest BCUT2D eigenvalue weighted by atomic mass is 15.3. The standard InChI is InChI=1S/C15H27N5/c1-2-19(10-9-15(16)17)12-13-8-11-20(18-13)14-6-4-3-5-7-14/h8,11,14H,2-7,9-10,12H2,1H3,(H3,16,17). The van der Waals surface area contributed by atoms with Crippen molar-refractivity contribution < 1.29 is 0 Å². The van der Waals surface area contributed by atoms with Crippen molar-refractivity contribution in [2.75, 3.05) is 13.1 Å². The minimum absolute atomic E-state index is 0.260. The van der Waals surface area contributed by atoms with E-state index in [-0.39, 0.29) is 5.84 Å². The number of amidine groups is 1. The van der Waals surface area contributed by atoms with Gasteiger partial charge in [0.15, 0.2) is 0 Å². The van der Waals surface area contributed by atoms with Gasteiger partial charge in [0, 0.05) is 25.7 Å². The highest BCUT2D eigenvalue weighted by Gasteiger charge is 2.16. The van der Waals surface area contributed by atoms with Crippen LogP contribution in [0.3, 0.4) is 0 Å². The van der Waals surface area contributed by atoms with Crippen LogP contribution in [0.25, 0.3) is 0 Å². The Hall–Kier alpha value is -1.36. The van der Waals surface area contributed by atoms with E-state index in [0.717, 1.165) is 25.3 Å². The molecule has 3 N–H and O–H groups in total. The monoisotopic (exact) mass is 277 g/mol. The predicted molar refractivity (Wildman–Crippen MR) is 81.8 cm³/mol. The largest absolute Gasteiger partial charge is 0.388 e. The van der Waals surface area contributed by atoms with Gasteiger partial charge < -0.3 is 5.73 Å². The van der Waals surface area contributed by atoms with Gasteiger partial charge in [0.25, 0.3) is 0 Å². The number of hydrogen-bond donors (Lipinski definition) is 2. The minimum atomic E-state index is 0.260. The fourth-order valence-corrected chi connectivity index (χ4v) is 2.87. The van der Waals surface area contributed by atoms with Crippen LogP contribution < -0.4 is 5.73 Å². The van der Waals surface area contributed by atoms with Crippen LogP contribution >= 0.6 is 0 Å². The molecular weight excluding hydrogens is 250 g/mol. The van der Waals surface area contributed by atoms with E-state index in [4.69, 9.17) is 16.2 Å². The molecular formula is C15H27N5. The molecule has 0 unspecified atom stereocenters. The Kier molecular flexibility index (Phi) is 5.59. The van der Waals surface area contributed by atoms with Gasteiger partial charge in [0.1, 0.15) is 0 Å². The zero-order valence-electron chi connectivity index (χ0n) is 12.5. The summed E-state index contributed by atoms with van der Waals surface area (Å²) < 4.78 is 2.16. The predicted octanol–water partition coefficient (Wildman–Crippen LogP) is 2.54. The van der Waals surface area contributed by atoms with Crippen LogP contribution in [0, 0.1) is 5.41 Å². The molecule has 0 radical (unpaired) electrons. The molecule has 5 nitrogen and oxygen atoms in total. The Balaban J connectivity index is 1.88. The molecule has 0 amide bonds. The minimum Gasteiger partial charge on any atom is -0.388 e. The fourth-order valence-electron chi connectivity index (χ4n) is 2.87. The molecule has 1 aromatic rings. The second kappa shape index (κ2) is 7.43. The smallest absolute Gasteiger partial charge is 0.0918 e. The van der Waals surface area contributed by atoms with Crippen LogP contribution in [0.5, 0.6) is 0 Å². The zero-order valence-corrected chi connectivity index (χ0v) is 12.5. The summed E-state index contributed by atoms with van der Waals surface area (Å²) in [6.07, 6.45) is 9.34. The van der Waals surface area contributed by atoms with Crippen molar-refractivity contribution in [1.82, 2.24) is 14.7 Å². The summed E-state index contributed by atoms with van der Waals surface area (Å²) in [6.45, 7) is 4.79. The molecule has 1 aliphatic rings. The molecule has 0 spiro atoms. The summed E-state index contributed by atoms with van der Waals surface area (Å²) >= 11 is 0. The lowest BCUT2D eigenvalue weighted by molar-refractivity contribution is 0.279. The summed E-state index contributed by atoms with van der Waals surface area (Å²) in [4.78, 5) is 2.29. The molecule has 1 fully saturated rings. The molecule has 0 saturated heterocycles. The third-order valence-electron chi connectivity index (χ3n) is 4.14. The van der Waals surface area contributed by atoms with Crippen molar-refractivity contribution in [1.29, 1.82) is 5.41 Å². The first kappa shape index (κ1) is 15.0. The molecule has 1 heterocycles.